The summed E-state index contributed by atoms with van der Waals surface area (Å²) in [6.07, 6.45) is 1.07. The van der Waals surface area contributed by atoms with Crippen LogP contribution in [0.1, 0.15) is 17.9 Å². The van der Waals surface area contributed by atoms with Gasteiger partial charge in [0.05, 0.1) is 11.8 Å². The van der Waals surface area contributed by atoms with Crippen LogP contribution in [0.4, 0.5) is 0 Å². The second kappa shape index (κ2) is 5.22. The molecule has 0 bridgehead atoms. The van der Waals surface area contributed by atoms with Crippen LogP contribution in [0.5, 0.6) is 0 Å². The monoisotopic (exact) mass is 223 g/mol. The van der Waals surface area contributed by atoms with E-state index < -0.39 is 0 Å². The van der Waals surface area contributed by atoms with Crippen LogP contribution in [0, 0.1) is 18.3 Å². The fourth-order valence-electron chi connectivity index (χ4n) is 1.67. The lowest BCUT2D eigenvalue weighted by atomic mass is 10.1. The number of hydrogen-bond donors (Lipinski definition) is 0. The molecule has 0 aliphatic heterocycles. The van der Waals surface area contributed by atoms with Crippen LogP contribution < -0.4 is 0 Å². The summed E-state index contributed by atoms with van der Waals surface area (Å²) in [4.78, 5) is 8.81. The Bertz CT molecular complexity index is 541. The molecule has 2 aromatic rings. The molecule has 0 N–H and O–H groups in total. The molecule has 0 unspecified atom stereocenters. The highest BCUT2D eigenvalue weighted by atomic mass is 14.9. The number of aromatic nitrogens is 2. The molecular weight excluding hydrogens is 210 g/mol. The third-order valence-corrected chi connectivity index (χ3v) is 2.43. The number of nitriles is 1. The molecule has 0 aliphatic carbocycles. The highest BCUT2D eigenvalue weighted by Crippen LogP contribution is 2.17. The zero-order chi connectivity index (χ0) is 12.1. The van der Waals surface area contributed by atoms with Crippen molar-refractivity contribution in [2.75, 3.05) is 0 Å². The Kier molecular flexibility index (Phi) is 3.46. The van der Waals surface area contributed by atoms with Crippen LogP contribution >= 0.6 is 0 Å². The summed E-state index contributed by atoms with van der Waals surface area (Å²) in [5.41, 5.74) is 2.94. The molecule has 0 fully saturated rings. The molecule has 3 nitrogen and oxygen atoms in total. The van der Waals surface area contributed by atoms with Gasteiger partial charge in [-0.3, -0.25) is 0 Å². The first kappa shape index (κ1) is 11.3. The van der Waals surface area contributed by atoms with Gasteiger partial charge in [-0.1, -0.05) is 30.3 Å². The molecule has 0 amide bonds. The minimum absolute atomic E-state index is 0.456. The first-order valence-corrected chi connectivity index (χ1v) is 5.56. The Hall–Kier alpha value is -2.21. The maximum absolute atomic E-state index is 8.58. The highest BCUT2D eigenvalue weighted by Gasteiger charge is 2.04. The van der Waals surface area contributed by atoms with Gasteiger partial charge in [0.25, 0.3) is 0 Å². The molecule has 1 aromatic heterocycles. The predicted octanol–water partition coefficient (Wildman–Crippen LogP) is 2.91. The van der Waals surface area contributed by atoms with E-state index in [2.05, 4.69) is 16.0 Å². The first-order valence-electron chi connectivity index (χ1n) is 5.56. The zero-order valence-corrected chi connectivity index (χ0v) is 9.72. The lowest BCUT2D eigenvalue weighted by Crippen LogP contribution is -1.98. The second-order valence-corrected chi connectivity index (χ2v) is 3.83. The van der Waals surface area contributed by atoms with Gasteiger partial charge in [-0.15, -0.1) is 0 Å². The lowest BCUT2D eigenvalue weighted by Gasteiger charge is -2.04. The normalized spacial score (nSPS) is 9.88. The van der Waals surface area contributed by atoms with Gasteiger partial charge in [0.15, 0.2) is 0 Å². The van der Waals surface area contributed by atoms with Crippen LogP contribution in [0.25, 0.3) is 11.3 Å². The smallest absolute Gasteiger partial charge is 0.130 e. The number of benzene rings is 1. The Balaban J connectivity index is 2.36. The number of hydrogen-bond acceptors (Lipinski definition) is 3. The molecule has 0 atom stereocenters. The van der Waals surface area contributed by atoms with Gasteiger partial charge in [0, 0.05) is 24.1 Å². The first-order chi connectivity index (χ1) is 8.29. The summed E-state index contributed by atoms with van der Waals surface area (Å²) in [6, 6.07) is 14.1. The molecule has 1 aromatic carbocycles. The van der Waals surface area contributed by atoms with E-state index in [0.29, 0.717) is 12.8 Å². The van der Waals surface area contributed by atoms with Gasteiger partial charge in [0.2, 0.25) is 0 Å². The minimum atomic E-state index is 0.456. The van der Waals surface area contributed by atoms with Crippen molar-refractivity contribution in [2.45, 2.75) is 19.8 Å². The fourth-order valence-corrected chi connectivity index (χ4v) is 1.67. The van der Waals surface area contributed by atoms with Crippen molar-refractivity contribution in [3.63, 3.8) is 0 Å². The van der Waals surface area contributed by atoms with E-state index in [4.69, 9.17) is 5.26 Å². The van der Waals surface area contributed by atoms with Gasteiger partial charge >= 0.3 is 0 Å². The SMILES string of the molecule is Cc1cc(-c2ccccc2)nc(CCC#N)n1. The number of aryl methyl sites for hydroxylation is 2. The van der Waals surface area contributed by atoms with E-state index in [0.717, 1.165) is 22.8 Å². The van der Waals surface area contributed by atoms with Crippen LogP contribution in [0.3, 0.4) is 0 Å². The van der Waals surface area contributed by atoms with Crippen molar-refractivity contribution in [1.82, 2.24) is 9.97 Å². The van der Waals surface area contributed by atoms with Gasteiger partial charge < -0.3 is 0 Å². The fraction of sp³-hybridized carbons (Fsp3) is 0.214. The van der Waals surface area contributed by atoms with Crippen LogP contribution in [-0.2, 0) is 6.42 Å². The topological polar surface area (TPSA) is 49.6 Å². The van der Waals surface area contributed by atoms with Crippen molar-refractivity contribution < 1.29 is 0 Å². The molecule has 3 heteroatoms. The molecule has 84 valence electrons. The Morgan fingerprint density at radius 3 is 2.65 bits per heavy atom. The molecule has 0 saturated heterocycles. The Morgan fingerprint density at radius 2 is 1.94 bits per heavy atom. The van der Waals surface area contributed by atoms with Crippen molar-refractivity contribution in [1.29, 1.82) is 5.26 Å². The summed E-state index contributed by atoms with van der Waals surface area (Å²) < 4.78 is 0. The van der Waals surface area contributed by atoms with Crippen LogP contribution in [-0.4, -0.2) is 9.97 Å². The van der Waals surface area contributed by atoms with Gasteiger partial charge in [-0.25, -0.2) is 9.97 Å². The van der Waals surface area contributed by atoms with Crippen molar-refractivity contribution in [3.8, 4) is 17.3 Å². The quantitative estimate of drug-likeness (QED) is 0.803. The molecule has 17 heavy (non-hydrogen) atoms. The highest BCUT2D eigenvalue weighted by molar-refractivity contribution is 5.58. The van der Waals surface area contributed by atoms with E-state index in [-0.39, 0.29) is 0 Å². The molecule has 2 rings (SSSR count). The van der Waals surface area contributed by atoms with Crippen molar-refractivity contribution >= 4 is 0 Å². The summed E-state index contributed by atoms with van der Waals surface area (Å²) in [7, 11) is 0. The van der Waals surface area contributed by atoms with E-state index in [1.54, 1.807) is 0 Å². The van der Waals surface area contributed by atoms with Crippen LogP contribution in [0.15, 0.2) is 36.4 Å². The molecule has 0 saturated carbocycles. The second-order valence-electron chi connectivity index (χ2n) is 3.83. The average Bonchev–Trinajstić information content (AvgIpc) is 2.37. The lowest BCUT2D eigenvalue weighted by molar-refractivity contribution is 0.873. The van der Waals surface area contributed by atoms with E-state index in [9.17, 15) is 0 Å². The predicted molar refractivity (Wildman–Crippen MR) is 66.1 cm³/mol. The Labute approximate surface area is 101 Å². The maximum Gasteiger partial charge on any atom is 0.130 e. The number of nitrogens with zero attached hydrogens (tertiary/aromatic N) is 3. The summed E-state index contributed by atoms with van der Waals surface area (Å²) >= 11 is 0. The van der Waals surface area contributed by atoms with Gasteiger partial charge in [-0.2, -0.15) is 5.26 Å². The minimum Gasteiger partial charge on any atom is -0.238 e. The Morgan fingerprint density at radius 1 is 1.18 bits per heavy atom. The van der Waals surface area contributed by atoms with Crippen molar-refractivity contribution in [3.05, 3.63) is 47.9 Å². The van der Waals surface area contributed by atoms with E-state index in [1.165, 1.54) is 0 Å². The largest absolute Gasteiger partial charge is 0.238 e. The summed E-state index contributed by atoms with van der Waals surface area (Å²) in [5, 5.41) is 8.58. The standard InChI is InChI=1S/C14H13N3/c1-11-10-13(12-6-3-2-4-7-12)17-14(16-11)8-5-9-15/h2-4,6-7,10H,5,8H2,1H3. The molecule has 1 heterocycles. The third kappa shape index (κ3) is 2.88. The maximum atomic E-state index is 8.58. The average molecular weight is 223 g/mol. The van der Waals surface area contributed by atoms with Gasteiger partial charge in [-0.05, 0) is 13.0 Å². The summed E-state index contributed by atoms with van der Waals surface area (Å²) in [5.74, 6) is 0.741. The third-order valence-electron chi connectivity index (χ3n) is 2.43. The number of rotatable bonds is 3. The van der Waals surface area contributed by atoms with E-state index >= 15 is 0 Å². The molecule has 0 aliphatic rings. The molecular formula is C14H13N3. The molecule has 0 radical (unpaired) electrons. The van der Waals surface area contributed by atoms with Crippen molar-refractivity contribution in [2.24, 2.45) is 0 Å². The summed E-state index contributed by atoms with van der Waals surface area (Å²) in [6.45, 7) is 1.95. The van der Waals surface area contributed by atoms with E-state index in [1.807, 2.05) is 43.3 Å². The molecule has 0 spiro atoms. The van der Waals surface area contributed by atoms with Crippen LogP contribution in [0.2, 0.25) is 0 Å². The zero-order valence-electron chi connectivity index (χ0n) is 9.72. The van der Waals surface area contributed by atoms with Gasteiger partial charge in [0.1, 0.15) is 5.82 Å².